The van der Waals surface area contributed by atoms with Crippen molar-refractivity contribution in [3.05, 3.63) is 331 Å². The Morgan fingerprint density at radius 3 is 1.11 bits per heavy atom. The molecule has 0 spiro atoms. The Labute approximate surface area is 669 Å². The maximum atomic E-state index is 6.36. The molecule has 0 aliphatic heterocycles. The minimum absolute atomic E-state index is 0.178. The fourth-order valence-electron chi connectivity index (χ4n) is 16.0. The Morgan fingerprint density at radius 1 is 0.209 bits per heavy atom. The topological polar surface area (TPSA) is 187 Å². The summed E-state index contributed by atoms with van der Waals surface area (Å²) < 4.78 is 38.8. The summed E-state index contributed by atoms with van der Waals surface area (Å²) in [4.78, 5) is 35.7. The van der Waals surface area contributed by atoms with Gasteiger partial charge in [0, 0.05) is 81.8 Å². The lowest BCUT2D eigenvalue weighted by Crippen LogP contribution is -1.93. The molecular weight excluding hydrogens is 1520 g/mol. The molecule has 0 bridgehead atoms. The van der Waals surface area contributed by atoms with Crippen LogP contribution in [0.25, 0.3) is 226 Å². The number of para-hydroxylation sites is 9. The van der Waals surface area contributed by atoms with Gasteiger partial charge in [0.15, 0.2) is 22.3 Å². The minimum atomic E-state index is 0.178. The number of rotatable bonds is 5. The average molecular weight is 1570 g/mol. The van der Waals surface area contributed by atoms with E-state index in [0.29, 0.717) is 50.6 Å². The largest absolute Gasteiger partial charge is 0.456 e. The molecule has 0 atom stereocenters. The molecule has 0 unspecified atom stereocenters. The van der Waals surface area contributed by atoms with Gasteiger partial charge in [0.25, 0.3) is 0 Å². The van der Waals surface area contributed by atoms with Crippen molar-refractivity contribution in [2.24, 2.45) is 0 Å². The number of halogens is 4. The summed E-state index contributed by atoms with van der Waals surface area (Å²) >= 11 is 25.1. The van der Waals surface area contributed by atoms with E-state index in [9.17, 15) is 0 Å². The molecule has 0 amide bonds. The summed E-state index contributed by atoms with van der Waals surface area (Å²) in [6.45, 7) is 0. The third-order valence-electron chi connectivity index (χ3n) is 21.1. The van der Waals surface area contributed by atoms with E-state index in [0.717, 1.165) is 154 Å². The Bertz CT molecular complexity index is 8280. The lowest BCUT2D eigenvalue weighted by Gasteiger charge is -2.08. The van der Waals surface area contributed by atoms with Gasteiger partial charge in [-0.15, -0.1) is 0 Å². The van der Waals surface area contributed by atoms with E-state index in [4.69, 9.17) is 72.9 Å². The lowest BCUT2D eigenvalue weighted by atomic mass is 9.99. The van der Waals surface area contributed by atoms with Crippen LogP contribution in [-0.2, 0) is 0 Å². The van der Waals surface area contributed by atoms with Crippen LogP contribution in [-0.4, -0.2) is 44.4 Å². The van der Waals surface area contributed by atoms with Gasteiger partial charge >= 0.3 is 0 Å². The standard InChI is InChI=1S/C28H16ClN3O.C24H13ClN2O.2C22H11ClN2O2/c29-28-30-25(27-26(31-28)20-11-5-7-13-24(20)33-27)17-14-15-23-21(16-17)19-10-4-6-12-22(19)32(23)18-8-2-1-3-9-18;25-24-26-21(23-22(27-24)19-7-3-4-8-20(19)28-23)16-11-12-18-15(13-16)10-9-14-5-1-2-6-17(14)18;23-22-24-18-14-7-2-4-11-17(14)27-21(18)19(25-22)15-9-5-8-13-12-6-1-3-10-16(12)26-20(13)15;23-22-24-19(21-20(25-22)14-6-2-4-8-17(14)27-21)12-9-10-18-15(11-12)13-5-1-3-7-16(13)26-18/h1-16H;1-13H;2*1-11H. The molecule has 0 saturated carbocycles. The first-order valence-electron chi connectivity index (χ1n) is 36.9. The van der Waals surface area contributed by atoms with Crippen LogP contribution in [0.2, 0.25) is 21.1 Å². The number of hydrogen-bond acceptors (Lipinski definition) is 14. The monoisotopic (exact) mass is 1570 g/mol. The van der Waals surface area contributed by atoms with E-state index >= 15 is 0 Å². The number of fused-ring (bicyclic) bond motifs is 24. The Balaban J connectivity index is 0.0000000936. The molecule has 0 aliphatic carbocycles. The number of nitrogens with zero attached hydrogens (tertiary/aromatic N) is 9. The van der Waals surface area contributed by atoms with Crippen molar-refractivity contribution in [1.82, 2.24) is 44.4 Å². The van der Waals surface area contributed by atoms with Crippen LogP contribution < -0.4 is 0 Å². The number of furan rings is 6. The Morgan fingerprint density at radius 2 is 0.565 bits per heavy atom. The molecule has 0 saturated heterocycles. The van der Waals surface area contributed by atoms with Gasteiger partial charge in [0.2, 0.25) is 21.1 Å². The maximum absolute atomic E-state index is 6.36. The summed E-state index contributed by atoms with van der Waals surface area (Å²) in [7, 11) is 0. The predicted molar refractivity (Wildman–Crippen MR) is 463 cm³/mol. The zero-order valence-electron chi connectivity index (χ0n) is 59.9. The molecular formula is C96H51Cl4N9O6. The zero-order chi connectivity index (χ0) is 76.5. The molecule has 544 valence electrons. The van der Waals surface area contributed by atoms with Gasteiger partial charge in [-0.25, -0.2) is 39.9 Å². The van der Waals surface area contributed by atoms with Crippen molar-refractivity contribution in [1.29, 1.82) is 0 Å². The quantitative estimate of drug-likeness (QED) is 0.117. The maximum Gasteiger partial charge on any atom is 0.223 e. The molecule has 19 heteroatoms. The second-order valence-corrected chi connectivity index (χ2v) is 29.1. The summed E-state index contributed by atoms with van der Waals surface area (Å²) in [6.07, 6.45) is 0. The normalized spacial score (nSPS) is 11.8. The second kappa shape index (κ2) is 27.3. The molecule has 25 aromatic rings. The van der Waals surface area contributed by atoms with Gasteiger partial charge in [-0.1, -0.05) is 188 Å². The fraction of sp³-hybridized carbons (Fsp3) is 0. The number of benzene rings is 14. The first kappa shape index (κ1) is 67.6. The zero-order valence-corrected chi connectivity index (χ0v) is 63.0. The van der Waals surface area contributed by atoms with Crippen molar-refractivity contribution in [3.63, 3.8) is 0 Å². The van der Waals surface area contributed by atoms with Crippen LogP contribution >= 0.6 is 46.4 Å². The summed E-state index contributed by atoms with van der Waals surface area (Å²) in [5.74, 6) is 0. The molecule has 25 rings (SSSR count). The van der Waals surface area contributed by atoms with Crippen LogP contribution in [0.1, 0.15) is 0 Å². The molecule has 0 radical (unpaired) electrons. The van der Waals surface area contributed by atoms with Gasteiger partial charge in [-0.2, -0.15) is 0 Å². The third-order valence-corrected chi connectivity index (χ3v) is 21.7. The Kier molecular flexibility index (Phi) is 16.0. The minimum Gasteiger partial charge on any atom is -0.456 e. The van der Waals surface area contributed by atoms with Crippen molar-refractivity contribution in [2.45, 2.75) is 0 Å². The highest BCUT2D eigenvalue weighted by atomic mass is 35.5. The summed E-state index contributed by atoms with van der Waals surface area (Å²) in [6, 6.07) is 103. The van der Waals surface area contributed by atoms with Crippen molar-refractivity contribution >= 4 is 222 Å². The van der Waals surface area contributed by atoms with E-state index in [1.807, 2.05) is 170 Å². The van der Waals surface area contributed by atoms with Gasteiger partial charge in [0.05, 0.1) is 11.0 Å². The first-order valence-corrected chi connectivity index (χ1v) is 38.4. The van der Waals surface area contributed by atoms with E-state index in [1.54, 1.807) is 0 Å². The van der Waals surface area contributed by atoms with E-state index in [1.165, 1.54) is 21.5 Å². The summed E-state index contributed by atoms with van der Waals surface area (Å²) in [5.41, 5.74) is 21.5. The SMILES string of the molecule is Clc1nc(-c2ccc3c(c2)c2ccccc2n3-c2ccccc2)c2oc3ccccc3c2n1.Clc1nc(-c2ccc3c(ccc4ccccc43)c2)c2oc3ccccc3c2n1.Clc1nc(-c2ccc3oc4ccccc4c3c2)c2oc3ccccc3c2n1.Clc1nc(-c2cccc3c2oc2ccccc23)c2oc3ccccc3c2n1. The van der Waals surface area contributed by atoms with E-state index < -0.39 is 0 Å². The average Bonchev–Trinajstić information content (AvgIpc) is 1.69. The summed E-state index contributed by atoms with van der Waals surface area (Å²) in [5, 5.41) is 15.8. The molecule has 115 heavy (non-hydrogen) atoms. The highest BCUT2D eigenvalue weighted by Gasteiger charge is 2.25. The van der Waals surface area contributed by atoms with Gasteiger partial charge < -0.3 is 31.1 Å². The van der Waals surface area contributed by atoms with Gasteiger partial charge in [-0.05, 0) is 189 Å². The van der Waals surface area contributed by atoms with Crippen LogP contribution in [0, 0.1) is 0 Å². The fourth-order valence-corrected chi connectivity index (χ4v) is 16.6. The van der Waals surface area contributed by atoms with E-state index in [-0.39, 0.29) is 21.1 Å². The molecule has 15 nitrogen and oxygen atoms in total. The molecule has 0 fully saturated rings. The van der Waals surface area contributed by atoms with Crippen LogP contribution in [0.3, 0.4) is 0 Å². The molecule has 11 aromatic heterocycles. The van der Waals surface area contributed by atoms with Gasteiger partial charge in [-0.3, -0.25) is 0 Å². The van der Waals surface area contributed by atoms with Crippen molar-refractivity contribution < 1.29 is 26.5 Å². The molecule has 14 aromatic carbocycles. The lowest BCUT2D eigenvalue weighted by molar-refractivity contribution is 0.662. The highest BCUT2D eigenvalue weighted by Crippen LogP contribution is 2.45. The smallest absolute Gasteiger partial charge is 0.223 e. The molecule has 0 aliphatic rings. The van der Waals surface area contributed by atoms with Crippen LogP contribution in [0.5, 0.6) is 0 Å². The highest BCUT2D eigenvalue weighted by molar-refractivity contribution is 6.31. The van der Waals surface area contributed by atoms with Gasteiger partial charge in [0.1, 0.15) is 89.5 Å². The molecule has 11 heterocycles. The number of aromatic nitrogens is 9. The Hall–Kier alpha value is -14.3. The number of hydrogen-bond donors (Lipinski definition) is 0. The van der Waals surface area contributed by atoms with Crippen molar-refractivity contribution in [3.8, 4) is 50.7 Å². The van der Waals surface area contributed by atoms with Crippen molar-refractivity contribution in [2.75, 3.05) is 0 Å². The van der Waals surface area contributed by atoms with Crippen LogP contribution in [0.15, 0.2) is 336 Å². The van der Waals surface area contributed by atoms with E-state index in [2.05, 4.69) is 184 Å². The second-order valence-electron chi connectivity index (χ2n) is 27.7. The van der Waals surface area contributed by atoms with Crippen LogP contribution in [0.4, 0.5) is 0 Å². The first-order chi connectivity index (χ1) is 56.6. The third kappa shape index (κ3) is 11.5. The molecule has 0 N–H and O–H groups in total. The predicted octanol–water partition coefficient (Wildman–Crippen LogP) is 28.0.